The summed E-state index contributed by atoms with van der Waals surface area (Å²) in [4.78, 5) is 0. The Morgan fingerprint density at radius 2 is 1.92 bits per heavy atom. The summed E-state index contributed by atoms with van der Waals surface area (Å²) in [5, 5.41) is 27.5. The highest BCUT2D eigenvalue weighted by Crippen LogP contribution is 2.22. The second-order valence-corrected chi connectivity index (χ2v) is 3.39. The third kappa shape index (κ3) is 2.38. The van der Waals surface area contributed by atoms with E-state index < -0.39 is 24.6 Å². The van der Waals surface area contributed by atoms with Crippen molar-refractivity contribution in [3.05, 3.63) is 0 Å². The number of aliphatic hydroxyl groups is 3. The average Bonchev–Trinajstić information content (AvgIpc) is 2.32. The lowest BCUT2D eigenvalue weighted by Gasteiger charge is -2.17. The Morgan fingerprint density at radius 3 is 2.31 bits per heavy atom. The topological polar surface area (TPSA) is 79.2 Å². The predicted octanol–water partition coefficient (Wildman–Crippen LogP) is -1.15. The predicted molar refractivity (Wildman–Crippen MR) is 44.0 cm³/mol. The molecule has 0 aromatic heterocycles. The van der Waals surface area contributed by atoms with Crippen LogP contribution in [0.25, 0.3) is 0 Å². The minimum absolute atomic E-state index is 0.0932. The Labute approximate surface area is 76.9 Å². The summed E-state index contributed by atoms with van der Waals surface area (Å²) in [6, 6.07) is 0. The fourth-order valence-corrected chi connectivity index (χ4v) is 1.25. The molecular weight excluding hydrogens is 176 g/mol. The van der Waals surface area contributed by atoms with Gasteiger partial charge in [0, 0.05) is 0 Å². The van der Waals surface area contributed by atoms with Crippen LogP contribution in [0.5, 0.6) is 0 Å². The number of rotatable bonds is 3. The van der Waals surface area contributed by atoms with Crippen molar-refractivity contribution in [1.29, 1.82) is 0 Å². The largest absolute Gasteiger partial charge is 0.394 e. The molecule has 0 saturated carbocycles. The van der Waals surface area contributed by atoms with Gasteiger partial charge in [0.2, 0.25) is 0 Å². The van der Waals surface area contributed by atoms with Crippen LogP contribution >= 0.6 is 0 Å². The lowest BCUT2D eigenvalue weighted by Crippen LogP contribution is -2.35. The van der Waals surface area contributed by atoms with Crippen LogP contribution in [0.1, 0.15) is 13.8 Å². The maximum atomic E-state index is 9.40. The molecule has 5 nitrogen and oxygen atoms in total. The van der Waals surface area contributed by atoms with Crippen molar-refractivity contribution in [3.8, 4) is 0 Å². The minimum Gasteiger partial charge on any atom is -0.394 e. The fraction of sp³-hybridized carbons (Fsp3) is 1.00. The Morgan fingerprint density at radius 1 is 1.31 bits per heavy atom. The Hall–Kier alpha value is -0.200. The van der Waals surface area contributed by atoms with Crippen molar-refractivity contribution in [2.24, 2.45) is 0 Å². The molecule has 0 radical (unpaired) electrons. The van der Waals surface area contributed by atoms with Crippen LogP contribution < -0.4 is 0 Å². The van der Waals surface area contributed by atoms with E-state index >= 15 is 0 Å². The SMILES string of the molecule is CC(C)OC1O[C@H](CO)[C@H](O)[C@@H]1O. The summed E-state index contributed by atoms with van der Waals surface area (Å²) < 4.78 is 10.3. The molecule has 1 aliphatic heterocycles. The Bertz CT molecular complexity index is 161. The number of hydrogen-bond donors (Lipinski definition) is 3. The number of hydrogen-bond acceptors (Lipinski definition) is 5. The number of ether oxygens (including phenoxy) is 2. The van der Waals surface area contributed by atoms with Gasteiger partial charge in [-0.15, -0.1) is 0 Å². The first-order valence-corrected chi connectivity index (χ1v) is 4.34. The van der Waals surface area contributed by atoms with Gasteiger partial charge in [-0.1, -0.05) is 0 Å². The van der Waals surface area contributed by atoms with Gasteiger partial charge in [-0.2, -0.15) is 0 Å². The quantitative estimate of drug-likeness (QED) is 0.526. The van der Waals surface area contributed by atoms with Crippen LogP contribution in [-0.2, 0) is 9.47 Å². The molecule has 78 valence electrons. The smallest absolute Gasteiger partial charge is 0.186 e. The molecule has 1 aliphatic rings. The van der Waals surface area contributed by atoms with Gasteiger partial charge >= 0.3 is 0 Å². The summed E-state index contributed by atoms with van der Waals surface area (Å²) in [6.45, 7) is 3.28. The zero-order valence-electron chi connectivity index (χ0n) is 7.75. The summed E-state index contributed by atoms with van der Waals surface area (Å²) in [5.41, 5.74) is 0. The first-order valence-electron chi connectivity index (χ1n) is 4.34. The average molecular weight is 192 g/mol. The molecule has 1 unspecified atom stereocenters. The third-order valence-corrected chi connectivity index (χ3v) is 1.90. The lowest BCUT2D eigenvalue weighted by molar-refractivity contribution is -0.186. The molecule has 0 aromatic rings. The first-order chi connectivity index (χ1) is 6.06. The molecule has 1 saturated heterocycles. The fourth-order valence-electron chi connectivity index (χ4n) is 1.25. The molecule has 0 aromatic carbocycles. The van der Waals surface area contributed by atoms with Crippen molar-refractivity contribution in [3.63, 3.8) is 0 Å². The maximum absolute atomic E-state index is 9.40. The van der Waals surface area contributed by atoms with Crippen molar-refractivity contribution < 1.29 is 24.8 Å². The van der Waals surface area contributed by atoms with E-state index in [4.69, 9.17) is 14.6 Å². The van der Waals surface area contributed by atoms with Gasteiger partial charge < -0.3 is 24.8 Å². The molecule has 0 amide bonds. The lowest BCUT2D eigenvalue weighted by atomic mass is 10.1. The first kappa shape index (κ1) is 10.9. The zero-order valence-corrected chi connectivity index (χ0v) is 7.75. The van der Waals surface area contributed by atoms with Gasteiger partial charge in [0.05, 0.1) is 12.7 Å². The van der Waals surface area contributed by atoms with Gasteiger partial charge in [-0.05, 0) is 13.8 Å². The number of aliphatic hydroxyl groups excluding tert-OH is 3. The van der Waals surface area contributed by atoms with Crippen LogP contribution in [0.3, 0.4) is 0 Å². The van der Waals surface area contributed by atoms with Crippen molar-refractivity contribution in [2.45, 2.75) is 44.6 Å². The summed E-state index contributed by atoms with van der Waals surface area (Å²) >= 11 is 0. The molecule has 4 atom stereocenters. The standard InChI is InChI=1S/C8H16O5/c1-4(2)12-8-7(11)6(10)5(3-9)13-8/h4-11H,3H2,1-2H3/t5-,6+,7+,8?/m1/s1. The van der Waals surface area contributed by atoms with Crippen LogP contribution in [0.4, 0.5) is 0 Å². The van der Waals surface area contributed by atoms with E-state index in [0.29, 0.717) is 0 Å². The highest BCUT2D eigenvalue weighted by Gasteiger charge is 2.43. The van der Waals surface area contributed by atoms with Gasteiger partial charge in [0.1, 0.15) is 18.3 Å². The van der Waals surface area contributed by atoms with Crippen LogP contribution in [0, 0.1) is 0 Å². The molecule has 13 heavy (non-hydrogen) atoms. The van der Waals surface area contributed by atoms with Crippen LogP contribution in [0.2, 0.25) is 0 Å². The van der Waals surface area contributed by atoms with Crippen LogP contribution in [0.15, 0.2) is 0 Å². The molecule has 1 heterocycles. The molecular formula is C8H16O5. The highest BCUT2D eigenvalue weighted by atomic mass is 16.7. The summed E-state index contributed by atoms with van der Waals surface area (Å²) in [5.74, 6) is 0. The van der Waals surface area contributed by atoms with Crippen LogP contribution in [-0.4, -0.2) is 52.6 Å². The van der Waals surface area contributed by atoms with E-state index in [2.05, 4.69) is 0 Å². The molecule has 0 spiro atoms. The zero-order chi connectivity index (χ0) is 10.0. The summed E-state index contributed by atoms with van der Waals surface area (Å²) in [6.07, 6.45) is -3.84. The van der Waals surface area contributed by atoms with E-state index in [-0.39, 0.29) is 12.7 Å². The van der Waals surface area contributed by atoms with Crippen molar-refractivity contribution >= 4 is 0 Å². The second kappa shape index (κ2) is 4.34. The van der Waals surface area contributed by atoms with E-state index in [0.717, 1.165) is 0 Å². The van der Waals surface area contributed by atoms with Gasteiger partial charge in [0.25, 0.3) is 0 Å². The molecule has 1 fully saturated rings. The third-order valence-electron chi connectivity index (χ3n) is 1.90. The second-order valence-electron chi connectivity index (χ2n) is 3.39. The monoisotopic (exact) mass is 192 g/mol. The van der Waals surface area contributed by atoms with Crippen molar-refractivity contribution in [2.75, 3.05) is 6.61 Å². The Balaban J connectivity index is 2.50. The van der Waals surface area contributed by atoms with E-state index in [1.165, 1.54) is 0 Å². The normalized spacial score (nSPS) is 40.2. The van der Waals surface area contributed by atoms with Gasteiger partial charge in [0.15, 0.2) is 6.29 Å². The van der Waals surface area contributed by atoms with E-state index in [9.17, 15) is 10.2 Å². The van der Waals surface area contributed by atoms with E-state index in [1.807, 2.05) is 0 Å². The molecule has 0 aliphatic carbocycles. The molecule has 1 rings (SSSR count). The molecule has 5 heteroatoms. The van der Waals surface area contributed by atoms with E-state index in [1.54, 1.807) is 13.8 Å². The van der Waals surface area contributed by atoms with Gasteiger partial charge in [-0.3, -0.25) is 0 Å². The maximum Gasteiger partial charge on any atom is 0.186 e. The van der Waals surface area contributed by atoms with Crippen molar-refractivity contribution in [1.82, 2.24) is 0 Å². The molecule has 0 bridgehead atoms. The minimum atomic E-state index is -1.08. The Kier molecular flexibility index (Phi) is 3.63. The van der Waals surface area contributed by atoms with Gasteiger partial charge in [-0.25, -0.2) is 0 Å². The molecule has 3 N–H and O–H groups in total. The highest BCUT2D eigenvalue weighted by molar-refractivity contribution is 4.86. The summed E-state index contributed by atoms with van der Waals surface area (Å²) in [7, 11) is 0.